The highest BCUT2D eigenvalue weighted by atomic mass is 80.0. The van der Waals surface area contributed by atoms with E-state index < -0.39 is 0 Å². The van der Waals surface area contributed by atoms with E-state index in [1.807, 2.05) is 13.8 Å². The molecule has 0 bridgehead atoms. The zero-order valence-electron chi connectivity index (χ0n) is 6.17. The molecule has 0 radical (unpaired) electrons. The number of halogens is 5. The smallest absolute Gasteiger partial charge is 0.119 e. The molecule has 0 N–H and O–H groups in total. The van der Waals surface area contributed by atoms with Gasteiger partial charge in [-0.2, -0.15) is 0 Å². The molecule has 5 heteroatoms. The van der Waals surface area contributed by atoms with Crippen LogP contribution in [0.25, 0.3) is 0 Å². The second-order valence-corrected chi connectivity index (χ2v) is 12.2. The van der Waals surface area contributed by atoms with Crippen molar-refractivity contribution in [2.45, 2.75) is 32.1 Å². The van der Waals surface area contributed by atoms with Crippen molar-refractivity contribution in [1.82, 2.24) is 0 Å². The zero-order valence-corrected chi connectivity index (χ0v) is 13.3. The average molecular weight is 436 g/mol. The highest BCUT2D eigenvalue weighted by Gasteiger charge is 2.31. The van der Waals surface area contributed by atoms with Crippen LogP contribution in [0.4, 0.5) is 0 Å². The molecule has 0 rings (SSSR count). The molecule has 0 aliphatic rings. The molecule has 0 amide bonds. The predicted octanol–water partition coefficient (Wildman–Crippen LogP) is 5.00. The summed E-state index contributed by atoms with van der Waals surface area (Å²) in [7, 11) is 0. The summed E-state index contributed by atoms with van der Waals surface area (Å²) in [6, 6.07) is 0. The fourth-order valence-electron chi connectivity index (χ4n) is 0.446. The van der Waals surface area contributed by atoms with E-state index >= 15 is 0 Å². The zero-order chi connectivity index (χ0) is 9.28. The molecule has 68 valence electrons. The molecule has 0 aromatic carbocycles. The van der Waals surface area contributed by atoms with E-state index in [9.17, 15) is 0 Å². The minimum atomic E-state index is -0.236. The molecule has 1 unspecified atom stereocenters. The summed E-state index contributed by atoms with van der Waals surface area (Å²) in [4.78, 5) is 0.00962. The van der Waals surface area contributed by atoms with E-state index in [0.717, 1.165) is 6.42 Å². The van der Waals surface area contributed by atoms with Gasteiger partial charge in [-0.1, -0.05) is 63.7 Å². The lowest BCUT2D eigenvalue weighted by molar-refractivity contribution is 0.637. The summed E-state index contributed by atoms with van der Waals surface area (Å²) in [6.07, 6.45) is 0.851. The standard InChI is InChI=1S/C6H9Br4Cl/c1-5(2,11)4(7)3-6(8,9)10/h4H,3H2,1-2H3. The van der Waals surface area contributed by atoms with E-state index in [1.165, 1.54) is 0 Å². The van der Waals surface area contributed by atoms with Gasteiger partial charge in [0.1, 0.15) is 2.14 Å². The van der Waals surface area contributed by atoms with Gasteiger partial charge in [-0.05, 0) is 20.3 Å². The van der Waals surface area contributed by atoms with Crippen LogP contribution in [0.15, 0.2) is 0 Å². The quantitative estimate of drug-likeness (QED) is 0.535. The lowest BCUT2D eigenvalue weighted by Gasteiger charge is -2.26. The van der Waals surface area contributed by atoms with Gasteiger partial charge >= 0.3 is 0 Å². The normalized spacial score (nSPS) is 16.6. The first-order valence-corrected chi connectivity index (χ1v) is 6.70. The Morgan fingerprint density at radius 1 is 1.27 bits per heavy atom. The van der Waals surface area contributed by atoms with Crippen LogP contribution < -0.4 is 0 Å². The summed E-state index contributed by atoms with van der Waals surface area (Å²) in [5.41, 5.74) is 0. The van der Waals surface area contributed by atoms with E-state index in [2.05, 4.69) is 63.7 Å². The van der Waals surface area contributed by atoms with Crippen molar-refractivity contribution in [2.75, 3.05) is 0 Å². The van der Waals surface area contributed by atoms with Crippen molar-refractivity contribution >= 4 is 75.3 Å². The van der Waals surface area contributed by atoms with Crippen molar-refractivity contribution in [1.29, 1.82) is 0 Å². The van der Waals surface area contributed by atoms with Gasteiger partial charge in [-0.25, -0.2) is 0 Å². The number of hydrogen-bond donors (Lipinski definition) is 0. The van der Waals surface area contributed by atoms with Gasteiger partial charge in [0.15, 0.2) is 0 Å². The molecule has 0 nitrogen and oxygen atoms in total. The van der Waals surface area contributed by atoms with Crippen molar-refractivity contribution < 1.29 is 0 Å². The summed E-state index contributed by atoms with van der Waals surface area (Å²) in [5, 5.41) is 0. The Morgan fingerprint density at radius 3 is 1.73 bits per heavy atom. The summed E-state index contributed by atoms with van der Waals surface area (Å²) < 4.78 is -0.215. The van der Waals surface area contributed by atoms with Gasteiger partial charge in [0.25, 0.3) is 0 Å². The second-order valence-electron chi connectivity index (χ2n) is 2.85. The number of alkyl halides is 5. The molecular formula is C6H9Br4Cl. The predicted molar refractivity (Wildman–Crippen MR) is 66.8 cm³/mol. The first kappa shape index (κ1) is 13.2. The maximum absolute atomic E-state index is 6.08. The van der Waals surface area contributed by atoms with Gasteiger partial charge in [-0.15, -0.1) is 11.6 Å². The Labute approximate surface area is 106 Å². The molecule has 0 saturated heterocycles. The lowest BCUT2D eigenvalue weighted by Crippen LogP contribution is -2.28. The Hall–Kier alpha value is 2.21. The summed E-state index contributed by atoms with van der Waals surface area (Å²) in [5.74, 6) is 0. The van der Waals surface area contributed by atoms with Crippen LogP contribution >= 0.6 is 75.3 Å². The highest BCUT2D eigenvalue weighted by molar-refractivity contribution is 9.39. The molecule has 0 heterocycles. The Morgan fingerprint density at radius 2 is 1.64 bits per heavy atom. The number of rotatable bonds is 2. The maximum Gasteiger partial charge on any atom is 0.136 e. The lowest BCUT2D eigenvalue weighted by atomic mass is 10.1. The van der Waals surface area contributed by atoms with Crippen molar-refractivity contribution in [2.24, 2.45) is 0 Å². The molecule has 11 heavy (non-hydrogen) atoms. The molecule has 0 aromatic heterocycles. The SMILES string of the molecule is CC(C)(Cl)C(Br)CC(Br)(Br)Br. The molecule has 0 fully saturated rings. The van der Waals surface area contributed by atoms with E-state index in [0.29, 0.717) is 0 Å². The molecule has 0 spiro atoms. The van der Waals surface area contributed by atoms with Gasteiger partial charge < -0.3 is 0 Å². The fourth-order valence-corrected chi connectivity index (χ4v) is 3.28. The van der Waals surface area contributed by atoms with E-state index in [-0.39, 0.29) is 11.8 Å². The fraction of sp³-hybridized carbons (Fsp3) is 1.00. The van der Waals surface area contributed by atoms with Crippen LogP contribution in [-0.2, 0) is 0 Å². The van der Waals surface area contributed by atoms with Crippen LogP contribution in [0.5, 0.6) is 0 Å². The second kappa shape index (κ2) is 4.63. The molecular weight excluding hydrogens is 427 g/mol. The topological polar surface area (TPSA) is 0 Å². The summed E-state index contributed by atoms with van der Waals surface area (Å²) >= 11 is 19.8. The highest BCUT2D eigenvalue weighted by Crippen LogP contribution is 2.43. The van der Waals surface area contributed by atoms with Gasteiger partial charge in [0.2, 0.25) is 0 Å². The van der Waals surface area contributed by atoms with Crippen LogP contribution in [0.3, 0.4) is 0 Å². The first-order chi connectivity index (χ1) is 4.63. The van der Waals surface area contributed by atoms with Crippen molar-refractivity contribution in [3.8, 4) is 0 Å². The first-order valence-electron chi connectivity index (χ1n) is 3.02. The third-order valence-corrected chi connectivity index (χ3v) is 4.12. The molecule has 1 atom stereocenters. The van der Waals surface area contributed by atoms with Crippen LogP contribution in [-0.4, -0.2) is 11.8 Å². The monoisotopic (exact) mass is 432 g/mol. The average Bonchev–Trinajstić information content (AvgIpc) is 1.56. The Balaban J connectivity index is 3.99. The van der Waals surface area contributed by atoms with Crippen LogP contribution in [0, 0.1) is 0 Å². The largest absolute Gasteiger partial charge is 0.136 e. The Bertz CT molecular complexity index is 124. The van der Waals surface area contributed by atoms with Crippen molar-refractivity contribution in [3.63, 3.8) is 0 Å². The molecule has 0 aliphatic heterocycles. The minimum Gasteiger partial charge on any atom is -0.119 e. The van der Waals surface area contributed by atoms with Crippen molar-refractivity contribution in [3.05, 3.63) is 0 Å². The Kier molecular flexibility index (Phi) is 5.56. The third-order valence-electron chi connectivity index (χ3n) is 1.16. The minimum absolute atomic E-state index is 0.215. The van der Waals surface area contributed by atoms with E-state index in [4.69, 9.17) is 11.6 Å². The molecule has 0 saturated carbocycles. The van der Waals surface area contributed by atoms with Gasteiger partial charge in [0, 0.05) is 4.83 Å². The van der Waals surface area contributed by atoms with Gasteiger partial charge in [-0.3, -0.25) is 0 Å². The molecule has 0 aromatic rings. The van der Waals surface area contributed by atoms with E-state index in [1.54, 1.807) is 0 Å². The van der Waals surface area contributed by atoms with Crippen LogP contribution in [0.1, 0.15) is 20.3 Å². The summed E-state index contributed by atoms with van der Waals surface area (Å²) in [6.45, 7) is 3.96. The van der Waals surface area contributed by atoms with Gasteiger partial charge in [0.05, 0.1) is 4.87 Å². The maximum atomic E-state index is 6.08. The third kappa shape index (κ3) is 7.29. The molecule has 0 aliphatic carbocycles. The number of hydrogen-bond acceptors (Lipinski definition) is 0. The van der Waals surface area contributed by atoms with Crippen LogP contribution in [0.2, 0.25) is 0 Å².